The van der Waals surface area contributed by atoms with Crippen molar-refractivity contribution in [1.29, 1.82) is 0 Å². The second-order valence-electron chi connectivity index (χ2n) is 5.59. The number of benzene rings is 2. The zero-order chi connectivity index (χ0) is 15.7. The Kier molecular flexibility index (Phi) is 3.77. The maximum atomic E-state index is 12.1. The van der Waals surface area contributed by atoms with E-state index in [1.54, 1.807) is 0 Å². The number of H-pyrrole nitrogens is 1. The Morgan fingerprint density at radius 2 is 1.95 bits per heavy atom. The lowest BCUT2D eigenvalue weighted by molar-refractivity contribution is 0.760. The molecule has 0 aliphatic heterocycles. The second kappa shape index (κ2) is 5.73. The molecule has 2 aromatic carbocycles. The van der Waals surface area contributed by atoms with E-state index in [0.29, 0.717) is 17.8 Å². The molecule has 0 saturated carbocycles. The minimum Gasteiger partial charge on any atom is -0.313 e. The molecule has 4 nitrogen and oxygen atoms in total. The summed E-state index contributed by atoms with van der Waals surface area (Å²) in [5.41, 5.74) is 5.35. The maximum absolute atomic E-state index is 12.1. The predicted molar refractivity (Wildman–Crippen MR) is 90.0 cm³/mol. The van der Waals surface area contributed by atoms with Crippen LogP contribution in [0, 0.1) is 13.8 Å². The third kappa shape index (κ3) is 2.65. The average molecular weight is 293 g/mol. The van der Waals surface area contributed by atoms with Crippen molar-refractivity contribution in [2.45, 2.75) is 20.4 Å². The van der Waals surface area contributed by atoms with Crippen LogP contribution in [0.1, 0.15) is 17.0 Å². The van der Waals surface area contributed by atoms with E-state index >= 15 is 0 Å². The smallest absolute Gasteiger partial charge is 0.258 e. The third-order valence-electron chi connectivity index (χ3n) is 3.79. The van der Waals surface area contributed by atoms with Crippen molar-refractivity contribution in [3.05, 3.63) is 63.7 Å². The van der Waals surface area contributed by atoms with Gasteiger partial charge in [0.1, 0.15) is 5.82 Å². The number of fused-ring (bicyclic) bond motifs is 1. The van der Waals surface area contributed by atoms with E-state index in [0.717, 1.165) is 11.1 Å². The van der Waals surface area contributed by atoms with Crippen LogP contribution >= 0.6 is 0 Å². The van der Waals surface area contributed by atoms with Crippen molar-refractivity contribution in [2.24, 2.45) is 0 Å². The molecule has 0 radical (unpaired) electrons. The van der Waals surface area contributed by atoms with Gasteiger partial charge in [-0.3, -0.25) is 4.79 Å². The van der Waals surface area contributed by atoms with Gasteiger partial charge in [-0.15, -0.1) is 0 Å². The highest BCUT2D eigenvalue weighted by Gasteiger charge is 2.07. The molecule has 0 saturated heterocycles. The van der Waals surface area contributed by atoms with Gasteiger partial charge in [0, 0.05) is 0 Å². The SMILES string of the molecule is CNCc1nc2cc(-c3ccc(C)cc3C)ccc2c(=O)[nH]1. The van der Waals surface area contributed by atoms with Crippen molar-refractivity contribution in [3.63, 3.8) is 0 Å². The van der Waals surface area contributed by atoms with E-state index < -0.39 is 0 Å². The van der Waals surface area contributed by atoms with E-state index in [2.05, 4.69) is 47.3 Å². The average Bonchev–Trinajstić information content (AvgIpc) is 2.47. The normalized spacial score (nSPS) is 11.0. The van der Waals surface area contributed by atoms with Gasteiger partial charge in [-0.25, -0.2) is 4.98 Å². The quantitative estimate of drug-likeness (QED) is 0.780. The molecule has 0 unspecified atom stereocenters. The van der Waals surface area contributed by atoms with Crippen LogP contribution in [-0.4, -0.2) is 17.0 Å². The van der Waals surface area contributed by atoms with Crippen molar-refractivity contribution in [3.8, 4) is 11.1 Å². The minimum atomic E-state index is -0.0950. The van der Waals surface area contributed by atoms with Crippen LogP contribution in [0.3, 0.4) is 0 Å². The van der Waals surface area contributed by atoms with Gasteiger partial charge in [0.15, 0.2) is 0 Å². The predicted octanol–water partition coefficient (Wildman–Crippen LogP) is 2.93. The van der Waals surface area contributed by atoms with Crippen LogP contribution in [0.4, 0.5) is 0 Å². The number of nitrogens with zero attached hydrogens (tertiary/aromatic N) is 1. The standard InChI is InChI=1S/C18H19N3O/c1-11-4-6-14(12(2)8-11)13-5-7-15-16(9-13)20-17(10-19-3)21-18(15)22/h4-9,19H,10H2,1-3H3,(H,20,21,22). The molecular weight excluding hydrogens is 274 g/mol. The van der Waals surface area contributed by atoms with Gasteiger partial charge in [-0.2, -0.15) is 0 Å². The number of hydrogen-bond acceptors (Lipinski definition) is 3. The highest BCUT2D eigenvalue weighted by Crippen LogP contribution is 2.26. The topological polar surface area (TPSA) is 57.8 Å². The summed E-state index contributed by atoms with van der Waals surface area (Å²) in [6, 6.07) is 12.2. The summed E-state index contributed by atoms with van der Waals surface area (Å²) in [4.78, 5) is 19.5. The van der Waals surface area contributed by atoms with Crippen LogP contribution in [0.25, 0.3) is 22.0 Å². The van der Waals surface area contributed by atoms with Gasteiger partial charge in [0.05, 0.1) is 17.4 Å². The highest BCUT2D eigenvalue weighted by atomic mass is 16.1. The summed E-state index contributed by atoms with van der Waals surface area (Å²) >= 11 is 0. The van der Waals surface area contributed by atoms with Gasteiger partial charge in [-0.05, 0) is 49.7 Å². The zero-order valence-corrected chi connectivity index (χ0v) is 13.0. The van der Waals surface area contributed by atoms with Gasteiger partial charge in [-0.1, -0.05) is 29.8 Å². The fourth-order valence-electron chi connectivity index (χ4n) is 2.74. The van der Waals surface area contributed by atoms with Gasteiger partial charge in [0.25, 0.3) is 5.56 Å². The molecule has 4 heteroatoms. The summed E-state index contributed by atoms with van der Waals surface area (Å²) in [7, 11) is 1.83. The molecule has 1 heterocycles. The molecular formula is C18H19N3O. The van der Waals surface area contributed by atoms with Gasteiger partial charge < -0.3 is 10.3 Å². The molecule has 0 aliphatic carbocycles. The van der Waals surface area contributed by atoms with Crippen molar-refractivity contribution < 1.29 is 0 Å². The summed E-state index contributed by atoms with van der Waals surface area (Å²) in [5, 5.41) is 3.62. The van der Waals surface area contributed by atoms with Crippen LogP contribution in [0.5, 0.6) is 0 Å². The Morgan fingerprint density at radius 3 is 2.68 bits per heavy atom. The second-order valence-corrected chi connectivity index (χ2v) is 5.59. The van der Waals surface area contributed by atoms with E-state index in [1.807, 2.05) is 25.2 Å². The summed E-state index contributed by atoms with van der Waals surface area (Å²) in [5.74, 6) is 0.651. The minimum absolute atomic E-state index is 0.0950. The van der Waals surface area contributed by atoms with E-state index in [1.165, 1.54) is 16.7 Å². The number of nitrogens with one attached hydrogen (secondary N) is 2. The van der Waals surface area contributed by atoms with E-state index in [-0.39, 0.29) is 5.56 Å². The molecule has 1 aromatic heterocycles. The Labute approximate surface area is 129 Å². The molecule has 22 heavy (non-hydrogen) atoms. The molecule has 112 valence electrons. The van der Waals surface area contributed by atoms with E-state index in [4.69, 9.17) is 0 Å². The highest BCUT2D eigenvalue weighted by molar-refractivity contribution is 5.84. The van der Waals surface area contributed by atoms with Crippen molar-refractivity contribution in [2.75, 3.05) is 7.05 Å². The fourth-order valence-corrected chi connectivity index (χ4v) is 2.74. The van der Waals surface area contributed by atoms with Crippen LogP contribution in [-0.2, 0) is 6.54 Å². The van der Waals surface area contributed by atoms with Crippen molar-refractivity contribution in [1.82, 2.24) is 15.3 Å². The first-order chi connectivity index (χ1) is 10.6. The number of aromatic amines is 1. The summed E-state index contributed by atoms with van der Waals surface area (Å²) in [6.45, 7) is 4.73. The monoisotopic (exact) mass is 293 g/mol. The fraction of sp³-hybridized carbons (Fsp3) is 0.222. The van der Waals surface area contributed by atoms with Crippen LogP contribution in [0.2, 0.25) is 0 Å². The number of hydrogen-bond donors (Lipinski definition) is 2. The Bertz CT molecular complexity index is 896. The first kappa shape index (κ1) is 14.5. The largest absolute Gasteiger partial charge is 0.313 e. The van der Waals surface area contributed by atoms with E-state index in [9.17, 15) is 4.79 Å². The lowest BCUT2D eigenvalue weighted by atomic mass is 9.98. The summed E-state index contributed by atoms with van der Waals surface area (Å²) in [6.07, 6.45) is 0. The number of aromatic nitrogens is 2. The molecule has 0 spiro atoms. The lowest BCUT2D eigenvalue weighted by Crippen LogP contribution is -2.16. The molecule has 0 bridgehead atoms. The number of rotatable bonds is 3. The first-order valence-corrected chi connectivity index (χ1v) is 7.33. The molecule has 3 rings (SSSR count). The van der Waals surface area contributed by atoms with Gasteiger partial charge in [0.2, 0.25) is 0 Å². The number of aryl methyl sites for hydroxylation is 2. The first-order valence-electron chi connectivity index (χ1n) is 7.33. The Balaban J connectivity index is 2.18. The molecule has 0 amide bonds. The molecule has 3 aromatic rings. The Hall–Kier alpha value is -2.46. The van der Waals surface area contributed by atoms with Crippen LogP contribution in [0.15, 0.2) is 41.2 Å². The summed E-state index contributed by atoms with van der Waals surface area (Å²) < 4.78 is 0. The molecule has 0 aliphatic rings. The van der Waals surface area contributed by atoms with Crippen molar-refractivity contribution >= 4 is 10.9 Å². The molecule has 0 atom stereocenters. The Morgan fingerprint density at radius 1 is 1.14 bits per heavy atom. The molecule has 2 N–H and O–H groups in total. The van der Waals surface area contributed by atoms with Crippen LogP contribution < -0.4 is 10.9 Å². The van der Waals surface area contributed by atoms with Gasteiger partial charge >= 0.3 is 0 Å². The third-order valence-corrected chi connectivity index (χ3v) is 3.79. The zero-order valence-electron chi connectivity index (χ0n) is 13.0. The molecule has 0 fully saturated rings. The maximum Gasteiger partial charge on any atom is 0.258 e. The lowest BCUT2D eigenvalue weighted by Gasteiger charge is -2.09.